The molecule has 3 heterocycles. The number of aromatic nitrogens is 4. The van der Waals surface area contributed by atoms with Gasteiger partial charge in [0.05, 0.1) is 27.4 Å². The first kappa shape index (κ1) is 47.3. The summed E-state index contributed by atoms with van der Waals surface area (Å²) in [7, 11) is -17.6. The third kappa shape index (κ3) is 14.7. The van der Waals surface area contributed by atoms with E-state index in [1.165, 1.54) is 13.8 Å². The van der Waals surface area contributed by atoms with Gasteiger partial charge in [0.2, 0.25) is 11.8 Å². The van der Waals surface area contributed by atoms with Gasteiger partial charge in [0.1, 0.15) is 42.5 Å². The van der Waals surface area contributed by atoms with E-state index in [4.69, 9.17) is 10.5 Å². The Morgan fingerprint density at radius 1 is 1.09 bits per heavy atom. The van der Waals surface area contributed by atoms with Crippen molar-refractivity contribution in [2.24, 2.45) is 5.41 Å². The molecular formula is C27H38N7O18P3S-4. The van der Waals surface area contributed by atoms with Crippen molar-refractivity contribution in [3.8, 4) is 0 Å². The van der Waals surface area contributed by atoms with Crippen molar-refractivity contribution < 1.29 is 85.3 Å². The molecule has 0 aliphatic carbocycles. The van der Waals surface area contributed by atoms with E-state index in [-0.39, 0.29) is 60.2 Å². The predicted octanol–water partition coefficient (Wildman–Crippen LogP) is -3.33. The normalized spacial score (nSPS) is 21.7. The number of rotatable bonds is 23. The van der Waals surface area contributed by atoms with E-state index in [1.807, 2.05) is 0 Å². The second-order valence-electron chi connectivity index (χ2n) is 12.3. The monoisotopic (exact) mass is 873 g/mol. The third-order valence-corrected chi connectivity index (χ3v) is 11.3. The standard InChI is InChI=1S/C27H42N7O18P3S/c1-27(2,22(39)25(40)30-8-7-17(36)29-9-11-56-18(37)6-4-3-5-10-35)13-49-55(46,47)52-54(44,45)48-12-16-21(51-53(41,42)43)20(38)26(50-16)34-15-33-19-23(28)31-14-32-24(19)34/h3-4,10,14-16,20-22,26,38-39H,5-9,11-13H2,1-2H3,(H,29,36)(H,30,40)(H,44,45)(H,46,47)(H2,28,31,32)(H2,41,42,43)/p-4/b4-3-. The van der Waals surface area contributed by atoms with Gasteiger partial charge < -0.3 is 73.8 Å². The van der Waals surface area contributed by atoms with Crippen LogP contribution >= 0.6 is 35.2 Å². The van der Waals surface area contributed by atoms with E-state index < -0.39 is 84.6 Å². The number of carbonyl (C=O) groups excluding carboxylic acids is 4. The summed E-state index contributed by atoms with van der Waals surface area (Å²) in [6.45, 7) is -0.0290. The highest BCUT2D eigenvalue weighted by Gasteiger charge is 2.47. The minimum absolute atomic E-state index is 0.0271. The van der Waals surface area contributed by atoms with Crippen molar-refractivity contribution >= 4 is 75.4 Å². The maximum absolute atomic E-state index is 12.5. The first-order valence-electron chi connectivity index (χ1n) is 16.1. The number of amides is 2. The number of aliphatic hydroxyl groups excluding tert-OH is 2. The molecule has 3 rings (SSSR count). The Balaban J connectivity index is 1.48. The largest absolute Gasteiger partial charge is 0.790 e. The molecule has 29 heteroatoms. The Morgan fingerprint density at radius 2 is 1.79 bits per heavy atom. The first-order valence-corrected chi connectivity index (χ1v) is 21.5. The minimum Gasteiger partial charge on any atom is -0.790 e. The Bertz CT molecular complexity index is 1880. The van der Waals surface area contributed by atoms with Crippen LogP contribution in [-0.2, 0) is 55.5 Å². The summed E-state index contributed by atoms with van der Waals surface area (Å²) in [5.74, 6) is -1.34. The molecule has 0 spiro atoms. The lowest BCUT2D eigenvalue weighted by Crippen LogP contribution is -2.46. The predicted molar refractivity (Wildman–Crippen MR) is 183 cm³/mol. The molecule has 0 bridgehead atoms. The summed E-state index contributed by atoms with van der Waals surface area (Å²) in [4.78, 5) is 106. The van der Waals surface area contributed by atoms with Gasteiger partial charge in [-0.15, -0.1) is 0 Å². The lowest BCUT2D eigenvalue weighted by molar-refractivity contribution is -0.347. The number of imidazole rings is 1. The number of aldehydes is 1. The van der Waals surface area contributed by atoms with Crippen molar-refractivity contribution in [1.29, 1.82) is 0 Å². The molecule has 0 radical (unpaired) electrons. The summed E-state index contributed by atoms with van der Waals surface area (Å²) in [6.07, 6.45) is -3.54. The molecule has 0 saturated carbocycles. The number of nitrogens with two attached hydrogens (primary N) is 1. The summed E-state index contributed by atoms with van der Waals surface area (Å²) in [5, 5.41) is 25.9. The Hall–Kier alpha value is -3.03. The number of phosphoric acid groups is 3. The molecule has 1 fully saturated rings. The Kier molecular flexibility index (Phi) is 17.4. The highest BCUT2D eigenvalue weighted by Crippen LogP contribution is 2.56. The minimum atomic E-state index is -5.92. The highest BCUT2D eigenvalue weighted by molar-refractivity contribution is 8.13. The number of aliphatic hydroxyl groups is 2. The fourth-order valence-electron chi connectivity index (χ4n) is 4.66. The number of carbonyl (C=O) groups is 4. The second-order valence-corrected chi connectivity index (χ2v) is 17.5. The average Bonchev–Trinajstić information content (AvgIpc) is 3.66. The maximum atomic E-state index is 12.5. The van der Waals surface area contributed by atoms with Crippen LogP contribution in [0.3, 0.4) is 0 Å². The number of hydrogen-bond donors (Lipinski definition) is 5. The van der Waals surface area contributed by atoms with Crippen LogP contribution in [0.2, 0.25) is 0 Å². The van der Waals surface area contributed by atoms with Gasteiger partial charge >= 0.3 is 0 Å². The van der Waals surface area contributed by atoms with Crippen LogP contribution in [0.15, 0.2) is 24.8 Å². The number of allylic oxidation sites excluding steroid dienone is 2. The van der Waals surface area contributed by atoms with E-state index in [0.717, 1.165) is 29.0 Å². The van der Waals surface area contributed by atoms with Gasteiger partial charge in [0.15, 0.2) is 22.8 Å². The number of ether oxygens (including phenoxy) is 1. The fourth-order valence-corrected chi connectivity index (χ4v) is 8.04. The van der Waals surface area contributed by atoms with Gasteiger partial charge in [0.25, 0.3) is 15.6 Å². The van der Waals surface area contributed by atoms with Crippen molar-refractivity contribution in [2.75, 3.05) is 37.8 Å². The molecule has 6 N–H and O–H groups in total. The van der Waals surface area contributed by atoms with Crippen molar-refractivity contribution in [2.45, 2.75) is 63.8 Å². The zero-order valence-corrected chi connectivity index (χ0v) is 33.0. The van der Waals surface area contributed by atoms with E-state index in [0.29, 0.717) is 6.29 Å². The van der Waals surface area contributed by atoms with Gasteiger partial charge in [-0.05, 0) is 0 Å². The van der Waals surface area contributed by atoms with Gasteiger partial charge in [-0.1, -0.05) is 37.8 Å². The first-order chi connectivity index (χ1) is 26.1. The second kappa shape index (κ2) is 20.6. The molecule has 1 saturated heterocycles. The molecule has 1 aliphatic rings. The number of nitrogens with one attached hydrogen (secondary N) is 2. The lowest BCUT2D eigenvalue weighted by Gasteiger charge is -2.36. The number of nitrogens with zero attached hydrogens (tertiary/aromatic N) is 4. The maximum Gasteiger partial charge on any atom is 0.274 e. The van der Waals surface area contributed by atoms with E-state index >= 15 is 0 Å². The smallest absolute Gasteiger partial charge is 0.274 e. The lowest BCUT2D eigenvalue weighted by atomic mass is 9.87. The topological polar surface area (TPSA) is 392 Å². The van der Waals surface area contributed by atoms with E-state index in [9.17, 15) is 62.7 Å². The molecule has 2 aromatic heterocycles. The number of hydrogen-bond acceptors (Lipinski definition) is 23. The van der Waals surface area contributed by atoms with Crippen molar-refractivity contribution in [1.82, 2.24) is 30.2 Å². The van der Waals surface area contributed by atoms with Crippen LogP contribution in [0.5, 0.6) is 0 Å². The molecular weight excluding hydrogens is 835 g/mol. The van der Waals surface area contributed by atoms with E-state index in [2.05, 4.69) is 43.5 Å². The van der Waals surface area contributed by atoms with Gasteiger partial charge in [0, 0.05) is 43.5 Å². The molecule has 0 aromatic carbocycles. The molecule has 7 unspecified atom stereocenters. The summed E-state index contributed by atoms with van der Waals surface area (Å²) in [6, 6.07) is 0. The van der Waals surface area contributed by atoms with Gasteiger partial charge in [-0.2, -0.15) is 0 Å². The van der Waals surface area contributed by atoms with Crippen molar-refractivity contribution in [3.05, 3.63) is 24.8 Å². The number of fused-ring (bicyclic) bond motifs is 1. The van der Waals surface area contributed by atoms with Crippen LogP contribution in [0, 0.1) is 5.41 Å². The molecule has 314 valence electrons. The van der Waals surface area contributed by atoms with Crippen LogP contribution in [0.25, 0.3) is 11.2 Å². The molecule has 2 amide bonds. The SMILES string of the molecule is CC(C)(COP(=O)([O-])OP(=O)([O-])OCC1OC(n2cnc3c(N)ncnc32)C(O)C1OP(=O)([O-])[O-])C(O)C(=O)NCCC(=O)NCCSC(=O)C/C=C\CC=O. The zero-order valence-electron chi connectivity index (χ0n) is 29.5. The van der Waals surface area contributed by atoms with Crippen LogP contribution < -0.4 is 35.9 Å². The summed E-state index contributed by atoms with van der Waals surface area (Å²) in [5.41, 5.74) is 4.04. The number of anilines is 1. The summed E-state index contributed by atoms with van der Waals surface area (Å²) < 4.78 is 60.4. The van der Waals surface area contributed by atoms with Crippen LogP contribution in [0.1, 0.15) is 39.3 Å². The average molecular weight is 874 g/mol. The number of phosphoric ester groups is 3. The van der Waals surface area contributed by atoms with E-state index in [1.54, 1.807) is 12.2 Å². The number of thioether (sulfide) groups is 1. The molecule has 2 aromatic rings. The zero-order chi connectivity index (χ0) is 41.9. The Morgan fingerprint density at radius 3 is 2.46 bits per heavy atom. The molecule has 1 aliphatic heterocycles. The highest BCUT2D eigenvalue weighted by atomic mass is 32.2. The Labute approximate surface area is 322 Å². The van der Waals surface area contributed by atoms with Gasteiger partial charge in [-0.25, -0.2) is 19.3 Å². The summed E-state index contributed by atoms with van der Waals surface area (Å²) >= 11 is 0.977. The molecule has 25 nitrogen and oxygen atoms in total. The van der Waals surface area contributed by atoms with Gasteiger partial charge in [-0.3, -0.25) is 28.1 Å². The quantitative estimate of drug-likeness (QED) is 0.0315. The molecule has 56 heavy (non-hydrogen) atoms. The fraction of sp³-hybridized carbons (Fsp3) is 0.593. The number of nitrogen functional groups attached to an aromatic ring is 1. The van der Waals surface area contributed by atoms with Crippen LogP contribution in [0.4, 0.5) is 5.82 Å². The third-order valence-electron chi connectivity index (χ3n) is 7.42. The van der Waals surface area contributed by atoms with Crippen LogP contribution in [-0.4, -0.2) is 109 Å². The molecule has 7 atom stereocenters. The van der Waals surface area contributed by atoms with Crippen molar-refractivity contribution in [3.63, 3.8) is 0 Å².